The third-order valence-electron chi connectivity index (χ3n) is 5.82. The fraction of sp³-hybridized carbons (Fsp3) is 0.409. The molecule has 2 aromatic carbocycles. The first-order chi connectivity index (χ1) is 15.5. The highest BCUT2D eigenvalue weighted by atomic mass is 32.2. The van der Waals surface area contributed by atoms with Crippen LogP contribution in [-0.2, 0) is 20.2 Å². The number of alkyl halides is 3. The van der Waals surface area contributed by atoms with E-state index in [-0.39, 0.29) is 31.0 Å². The number of rotatable bonds is 5. The molecule has 4 rings (SSSR count). The topological polar surface area (TPSA) is 93.1 Å². The summed E-state index contributed by atoms with van der Waals surface area (Å²) >= 11 is 0. The highest BCUT2D eigenvalue weighted by Crippen LogP contribution is 2.32. The summed E-state index contributed by atoms with van der Waals surface area (Å²) in [4.78, 5) is 13.6. The Morgan fingerprint density at radius 3 is 2.09 bits per heavy atom. The van der Waals surface area contributed by atoms with Gasteiger partial charge in [-0.2, -0.15) is 13.2 Å². The summed E-state index contributed by atoms with van der Waals surface area (Å²) in [5, 5.41) is 10.3. The van der Waals surface area contributed by atoms with Crippen molar-refractivity contribution < 1.29 is 41.0 Å². The van der Waals surface area contributed by atoms with Crippen molar-refractivity contribution in [2.45, 2.75) is 35.0 Å². The van der Waals surface area contributed by atoms with Crippen LogP contribution in [0, 0.1) is 0 Å². The zero-order chi connectivity index (χ0) is 23.9. The zero-order valence-electron chi connectivity index (χ0n) is 17.4. The SMILES string of the molecule is O=C(c1ccc(C2(O)COC2)cc1)N1CCC(Oc2ccc(S(=O)(=O)C(F)(F)F)cc2)CC1. The third kappa shape index (κ3) is 4.71. The predicted octanol–water partition coefficient (Wildman–Crippen LogP) is 2.88. The van der Waals surface area contributed by atoms with Crippen LogP contribution in [0.1, 0.15) is 28.8 Å². The lowest BCUT2D eigenvalue weighted by atomic mass is 9.91. The number of hydrogen-bond donors (Lipinski definition) is 1. The van der Waals surface area contributed by atoms with Crippen LogP contribution in [0.3, 0.4) is 0 Å². The Morgan fingerprint density at radius 2 is 1.61 bits per heavy atom. The molecular weight excluding hydrogens is 463 g/mol. The lowest BCUT2D eigenvalue weighted by Gasteiger charge is -2.37. The number of carbonyl (C=O) groups is 1. The molecule has 1 amide bonds. The normalized spacial score (nSPS) is 19.1. The van der Waals surface area contributed by atoms with E-state index in [1.807, 2.05) is 0 Å². The summed E-state index contributed by atoms with van der Waals surface area (Å²) in [5.41, 5.74) is -5.15. The molecule has 178 valence electrons. The van der Waals surface area contributed by atoms with Gasteiger partial charge in [0.15, 0.2) is 0 Å². The van der Waals surface area contributed by atoms with Gasteiger partial charge < -0.3 is 19.5 Å². The Hall–Kier alpha value is -2.63. The molecule has 0 atom stereocenters. The molecule has 11 heteroatoms. The number of sulfone groups is 1. The van der Waals surface area contributed by atoms with Crippen molar-refractivity contribution in [2.24, 2.45) is 0 Å². The maximum absolute atomic E-state index is 12.8. The Labute approximate surface area is 188 Å². The number of piperidine rings is 1. The van der Waals surface area contributed by atoms with Crippen molar-refractivity contribution in [3.05, 3.63) is 59.7 Å². The fourth-order valence-corrected chi connectivity index (χ4v) is 4.53. The summed E-state index contributed by atoms with van der Waals surface area (Å²) in [5.74, 6) is 0.118. The van der Waals surface area contributed by atoms with Crippen molar-refractivity contribution in [2.75, 3.05) is 26.3 Å². The highest BCUT2D eigenvalue weighted by molar-refractivity contribution is 7.92. The maximum Gasteiger partial charge on any atom is 0.501 e. The minimum Gasteiger partial charge on any atom is -0.490 e. The van der Waals surface area contributed by atoms with Crippen molar-refractivity contribution in [3.8, 4) is 5.75 Å². The van der Waals surface area contributed by atoms with Crippen LogP contribution >= 0.6 is 0 Å². The van der Waals surface area contributed by atoms with Crippen LogP contribution in [0.4, 0.5) is 13.2 Å². The van der Waals surface area contributed by atoms with Crippen molar-refractivity contribution in [1.29, 1.82) is 0 Å². The first-order valence-electron chi connectivity index (χ1n) is 10.3. The van der Waals surface area contributed by atoms with Crippen LogP contribution in [0.5, 0.6) is 5.75 Å². The number of aliphatic hydroxyl groups is 1. The van der Waals surface area contributed by atoms with Gasteiger partial charge in [-0.05, 0) is 42.0 Å². The van der Waals surface area contributed by atoms with Crippen LogP contribution in [0.15, 0.2) is 53.4 Å². The quantitative estimate of drug-likeness (QED) is 0.700. The van der Waals surface area contributed by atoms with E-state index in [9.17, 15) is 31.5 Å². The van der Waals surface area contributed by atoms with Gasteiger partial charge in [-0.3, -0.25) is 4.79 Å². The Morgan fingerprint density at radius 1 is 1.03 bits per heavy atom. The first kappa shape index (κ1) is 23.5. The molecule has 2 aromatic rings. The van der Waals surface area contributed by atoms with E-state index in [1.54, 1.807) is 29.2 Å². The highest BCUT2D eigenvalue weighted by Gasteiger charge is 2.46. The molecule has 0 bridgehead atoms. The van der Waals surface area contributed by atoms with Gasteiger partial charge in [0.2, 0.25) is 0 Å². The summed E-state index contributed by atoms with van der Waals surface area (Å²) in [6.07, 6.45) is 0.780. The molecule has 2 aliphatic rings. The minimum absolute atomic E-state index is 0.140. The molecule has 7 nitrogen and oxygen atoms in total. The molecule has 2 heterocycles. The first-order valence-corrected chi connectivity index (χ1v) is 11.8. The largest absolute Gasteiger partial charge is 0.501 e. The predicted molar refractivity (Wildman–Crippen MR) is 110 cm³/mol. The molecule has 0 aromatic heterocycles. The summed E-state index contributed by atoms with van der Waals surface area (Å²) in [7, 11) is -5.40. The number of halogens is 3. The van der Waals surface area contributed by atoms with E-state index >= 15 is 0 Å². The Kier molecular flexibility index (Phi) is 6.14. The minimum atomic E-state index is -5.40. The Balaban J connectivity index is 1.31. The molecule has 0 spiro atoms. The van der Waals surface area contributed by atoms with Gasteiger partial charge in [-0.1, -0.05) is 12.1 Å². The van der Waals surface area contributed by atoms with Gasteiger partial charge in [0, 0.05) is 31.5 Å². The third-order valence-corrected chi connectivity index (χ3v) is 7.32. The second-order valence-corrected chi connectivity index (χ2v) is 10.1. The van der Waals surface area contributed by atoms with Gasteiger partial charge in [-0.15, -0.1) is 0 Å². The average molecular weight is 485 g/mol. The number of amides is 1. The van der Waals surface area contributed by atoms with E-state index in [2.05, 4.69) is 0 Å². The van der Waals surface area contributed by atoms with Gasteiger partial charge in [0.05, 0.1) is 18.1 Å². The zero-order valence-corrected chi connectivity index (χ0v) is 18.2. The molecule has 0 unspecified atom stereocenters. The molecular formula is C22H22F3NO6S. The van der Waals surface area contributed by atoms with E-state index in [0.717, 1.165) is 12.1 Å². The van der Waals surface area contributed by atoms with Crippen LogP contribution in [0.25, 0.3) is 0 Å². The number of likely N-dealkylation sites (tertiary alicyclic amines) is 1. The van der Waals surface area contributed by atoms with Crippen molar-refractivity contribution in [3.63, 3.8) is 0 Å². The molecule has 2 saturated heterocycles. The van der Waals surface area contributed by atoms with Crippen molar-refractivity contribution in [1.82, 2.24) is 4.90 Å². The van der Waals surface area contributed by atoms with E-state index in [1.165, 1.54) is 12.1 Å². The fourth-order valence-electron chi connectivity index (χ4n) is 3.77. The summed E-state index contributed by atoms with van der Waals surface area (Å²) in [6.45, 7) is 1.33. The summed E-state index contributed by atoms with van der Waals surface area (Å²) < 4.78 is 71.6. The number of carbonyl (C=O) groups excluding carboxylic acids is 1. The second-order valence-electron chi connectivity index (χ2n) is 8.13. The Bertz CT molecular complexity index is 1100. The number of hydrogen-bond acceptors (Lipinski definition) is 6. The smallest absolute Gasteiger partial charge is 0.490 e. The van der Waals surface area contributed by atoms with Gasteiger partial charge in [0.1, 0.15) is 17.5 Å². The van der Waals surface area contributed by atoms with E-state index in [4.69, 9.17) is 9.47 Å². The van der Waals surface area contributed by atoms with Gasteiger partial charge in [-0.25, -0.2) is 8.42 Å². The van der Waals surface area contributed by atoms with Crippen molar-refractivity contribution >= 4 is 15.7 Å². The lowest BCUT2D eigenvalue weighted by molar-refractivity contribution is -0.184. The van der Waals surface area contributed by atoms with E-state index in [0.29, 0.717) is 37.1 Å². The molecule has 0 saturated carbocycles. The summed E-state index contributed by atoms with van der Waals surface area (Å²) in [6, 6.07) is 10.9. The van der Waals surface area contributed by atoms with E-state index < -0.39 is 25.8 Å². The molecule has 0 aliphatic carbocycles. The molecule has 0 radical (unpaired) electrons. The number of nitrogens with zero attached hydrogens (tertiary/aromatic N) is 1. The maximum atomic E-state index is 12.8. The van der Waals surface area contributed by atoms with Crippen LogP contribution in [0.2, 0.25) is 0 Å². The van der Waals surface area contributed by atoms with Crippen LogP contribution < -0.4 is 4.74 Å². The average Bonchev–Trinajstić information content (AvgIpc) is 2.77. The lowest BCUT2D eigenvalue weighted by Crippen LogP contribution is -2.46. The number of benzene rings is 2. The van der Waals surface area contributed by atoms with Gasteiger partial charge in [0.25, 0.3) is 15.7 Å². The number of ether oxygens (including phenoxy) is 2. The van der Waals surface area contributed by atoms with Crippen LogP contribution in [-0.4, -0.2) is 62.2 Å². The molecule has 1 N–H and O–H groups in total. The molecule has 33 heavy (non-hydrogen) atoms. The molecule has 2 aliphatic heterocycles. The standard InChI is InChI=1S/C22H22F3NO6S/c23-22(24,25)33(29,30)19-7-5-17(6-8-19)32-18-9-11-26(12-10-18)20(27)15-1-3-16(4-2-15)21(28)13-31-14-21/h1-8,18,28H,9-14H2. The molecule has 2 fully saturated rings. The van der Waals surface area contributed by atoms with Gasteiger partial charge >= 0.3 is 5.51 Å². The second kappa shape index (κ2) is 8.62. The monoisotopic (exact) mass is 485 g/mol.